The highest BCUT2D eigenvalue weighted by Crippen LogP contribution is 2.28. The van der Waals surface area contributed by atoms with Crippen molar-refractivity contribution in [2.45, 2.75) is 57.5 Å². The number of thiophene rings is 1. The van der Waals surface area contributed by atoms with Crippen molar-refractivity contribution in [1.82, 2.24) is 10.2 Å². The minimum Gasteiger partial charge on any atom is -0.337 e. The van der Waals surface area contributed by atoms with Crippen molar-refractivity contribution in [2.24, 2.45) is 0 Å². The number of benzene rings is 1. The molecule has 1 aromatic heterocycles. The molecule has 1 aliphatic heterocycles. The van der Waals surface area contributed by atoms with Crippen molar-refractivity contribution >= 4 is 40.4 Å². The molecule has 2 N–H and O–H groups in total. The van der Waals surface area contributed by atoms with Crippen molar-refractivity contribution in [3.63, 3.8) is 0 Å². The number of fused-ring (bicyclic) bond motifs is 1. The molecule has 4 rings (SSSR count). The van der Waals surface area contributed by atoms with Gasteiger partial charge in [0.2, 0.25) is 5.91 Å². The Labute approximate surface area is 186 Å². The van der Waals surface area contributed by atoms with E-state index in [0.717, 1.165) is 37.7 Å². The van der Waals surface area contributed by atoms with Crippen LogP contribution in [-0.4, -0.2) is 41.4 Å². The first kappa shape index (κ1) is 21.3. The number of nitrogens with one attached hydrogen (secondary N) is 2. The maximum absolute atomic E-state index is 12.9. The molecule has 2 aliphatic rings. The van der Waals surface area contributed by atoms with Crippen LogP contribution in [-0.2, 0) is 17.6 Å². The summed E-state index contributed by atoms with van der Waals surface area (Å²) < 4.78 is 0.545. The summed E-state index contributed by atoms with van der Waals surface area (Å²) in [5.74, 6) is -0.548. The summed E-state index contributed by atoms with van der Waals surface area (Å²) in [7, 11) is 0. The van der Waals surface area contributed by atoms with Crippen LogP contribution < -0.4 is 10.6 Å². The number of nitrogens with zero attached hydrogens (tertiary/aromatic N) is 1. The Kier molecular flexibility index (Phi) is 6.19. The average molecular weight is 446 g/mol. The monoisotopic (exact) mass is 445 g/mol. The number of rotatable bonds is 5. The minimum atomic E-state index is -1.05. The molecule has 1 fully saturated rings. The van der Waals surface area contributed by atoms with Crippen LogP contribution in [0, 0.1) is 0 Å². The third-order valence-electron chi connectivity index (χ3n) is 6.18. The highest BCUT2D eigenvalue weighted by atomic mass is 35.5. The van der Waals surface area contributed by atoms with E-state index in [9.17, 15) is 9.59 Å². The van der Waals surface area contributed by atoms with Crippen LogP contribution in [0.1, 0.15) is 53.9 Å². The molecule has 30 heavy (non-hydrogen) atoms. The topological polar surface area (TPSA) is 61.4 Å². The zero-order valence-corrected chi connectivity index (χ0v) is 19.0. The van der Waals surface area contributed by atoms with Crippen LogP contribution >= 0.6 is 22.9 Å². The van der Waals surface area contributed by atoms with Gasteiger partial charge in [-0.25, -0.2) is 0 Å². The van der Waals surface area contributed by atoms with Gasteiger partial charge in [0.25, 0.3) is 5.91 Å². The molecule has 2 heterocycles. The molecule has 0 spiro atoms. The quantitative estimate of drug-likeness (QED) is 0.712. The zero-order valence-electron chi connectivity index (χ0n) is 17.5. The molecular formula is C23H28ClN3O2S. The van der Waals surface area contributed by atoms with E-state index >= 15 is 0 Å². The first-order chi connectivity index (χ1) is 14.3. The Morgan fingerprint density at radius 3 is 2.47 bits per heavy atom. The molecule has 5 nitrogen and oxygen atoms in total. The number of amides is 2. The molecule has 0 unspecified atom stereocenters. The maximum Gasteiger partial charge on any atom is 0.262 e. The molecule has 0 atom stereocenters. The maximum atomic E-state index is 12.9. The Hall–Kier alpha value is -1.89. The lowest BCUT2D eigenvalue weighted by atomic mass is 9.91. The first-order valence-corrected chi connectivity index (χ1v) is 11.8. The predicted molar refractivity (Wildman–Crippen MR) is 123 cm³/mol. The summed E-state index contributed by atoms with van der Waals surface area (Å²) in [5.41, 5.74) is 2.40. The highest BCUT2D eigenvalue weighted by molar-refractivity contribution is 7.18. The fraction of sp³-hybridized carbons (Fsp3) is 0.478. The first-order valence-electron chi connectivity index (χ1n) is 10.6. The number of anilines is 1. The van der Waals surface area contributed by atoms with Gasteiger partial charge in [0.05, 0.1) is 9.21 Å². The van der Waals surface area contributed by atoms with Crippen molar-refractivity contribution in [1.29, 1.82) is 0 Å². The predicted octanol–water partition coefficient (Wildman–Crippen LogP) is 4.50. The molecule has 0 radical (unpaired) electrons. The van der Waals surface area contributed by atoms with E-state index < -0.39 is 5.54 Å². The lowest BCUT2D eigenvalue weighted by Gasteiger charge is -2.36. The van der Waals surface area contributed by atoms with E-state index in [1.54, 1.807) is 26.0 Å². The Morgan fingerprint density at radius 1 is 1.10 bits per heavy atom. The molecule has 1 aromatic carbocycles. The van der Waals surface area contributed by atoms with Crippen molar-refractivity contribution in [2.75, 3.05) is 18.4 Å². The van der Waals surface area contributed by atoms with Gasteiger partial charge < -0.3 is 10.6 Å². The molecule has 7 heteroatoms. The van der Waals surface area contributed by atoms with E-state index in [0.29, 0.717) is 9.21 Å². The molecule has 2 aromatic rings. The standard InChI is InChI=1S/C23H28ClN3O2S/c1-23(2,26-21(28)19-8-9-20(24)30-19)22(29)25-17-7-6-15-10-12-27(18-4-3-5-18)13-11-16(15)14-17/h6-9,14,18H,3-5,10-13H2,1-2H3,(H,25,29)(H,26,28). The van der Waals surface area contributed by atoms with Crippen molar-refractivity contribution in [3.05, 3.63) is 50.7 Å². The second-order valence-electron chi connectivity index (χ2n) is 8.74. The molecule has 0 saturated heterocycles. The highest BCUT2D eigenvalue weighted by Gasteiger charge is 2.31. The Balaban J connectivity index is 1.39. The van der Waals surface area contributed by atoms with Gasteiger partial charge in [0.1, 0.15) is 5.54 Å². The number of carbonyl (C=O) groups is 2. The lowest BCUT2D eigenvalue weighted by molar-refractivity contribution is -0.120. The number of carbonyl (C=O) groups excluding carboxylic acids is 2. The summed E-state index contributed by atoms with van der Waals surface area (Å²) in [6.45, 7) is 5.61. The molecular weight excluding hydrogens is 418 g/mol. The van der Waals surface area contributed by atoms with Gasteiger partial charge in [-0.05, 0) is 74.9 Å². The van der Waals surface area contributed by atoms with Crippen molar-refractivity contribution in [3.8, 4) is 0 Å². The van der Waals surface area contributed by atoms with Crippen LogP contribution in [0.4, 0.5) is 5.69 Å². The normalized spacial score (nSPS) is 17.6. The van der Waals surface area contributed by atoms with E-state index in [-0.39, 0.29) is 11.8 Å². The second kappa shape index (κ2) is 8.69. The third kappa shape index (κ3) is 4.71. The number of hydrogen-bond acceptors (Lipinski definition) is 4. The van der Waals surface area contributed by atoms with Crippen LogP contribution in [0.3, 0.4) is 0 Å². The third-order valence-corrected chi connectivity index (χ3v) is 7.41. The Bertz CT molecular complexity index is 952. The zero-order chi connectivity index (χ0) is 21.3. The molecule has 2 amide bonds. The summed E-state index contributed by atoms with van der Waals surface area (Å²) in [4.78, 5) is 28.4. The van der Waals surface area contributed by atoms with E-state index in [1.807, 2.05) is 6.07 Å². The summed E-state index contributed by atoms with van der Waals surface area (Å²) in [6.07, 6.45) is 6.09. The van der Waals surface area contributed by atoms with Crippen LogP contribution in [0.5, 0.6) is 0 Å². The molecule has 0 bridgehead atoms. The SMILES string of the molecule is CC(C)(NC(=O)c1ccc(Cl)s1)C(=O)Nc1ccc2c(c1)CCN(C1CCC1)CC2. The molecule has 160 valence electrons. The van der Waals surface area contributed by atoms with E-state index in [4.69, 9.17) is 11.6 Å². The van der Waals surface area contributed by atoms with Gasteiger partial charge in [0.15, 0.2) is 0 Å². The van der Waals surface area contributed by atoms with Crippen LogP contribution in [0.25, 0.3) is 0 Å². The van der Waals surface area contributed by atoms with Gasteiger partial charge in [-0.1, -0.05) is 24.1 Å². The summed E-state index contributed by atoms with van der Waals surface area (Å²) >= 11 is 7.10. The average Bonchev–Trinajstić information content (AvgIpc) is 2.99. The van der Waals surface area contributed by atoms with Crippen molar-refractivity contribution < 1.29 is 9.59 Å². The van der Waals surface area contributed by atoms with E-state index in [2.05, 4.69) is 27.7 Å². The second-order valence-corrected chi connectivity index (χ2v) is 10.5. The molecule has 1 saturated carbocycles. The number of hydrogen-bond donors (Lipinski definition) is 2. The Morgan fingerprint density at radius 2 is 1.83 bits per heavy atom. The fourth-order valence-corrected chi connectivity index (χ4v) is 5.00. The smallest absolute Gasteiger partial charge is 0.262 e. The summed E-state index contributed by atoms with van der Waals surface area (Å²) in [5, 5.41) is 5.78. The van der Waals surface area contributed by atoms with Gasteiger partial charge in [-0.15, -0.1) is 11.3 Å². The fourth-order valence-electron chi connectivity index (χ4n) is 4.06. The molecule has 1 aliphatic carbocycles. The van der Waals surface area contributed by atoms with Gasteiger partial charge in [-0.3, -0.25) is 14.5 Å². The summed E-state index contributed by atoms with van der Waals surface area (Å²) in [6, 6.07) is 10.3. The van der Waals surface area contributed by atoms with E-state index in [1.165, 1.54) is 41.7 Å². The van der Waals surface area contributed by atoms with Crippen LogP contribution in [0.15, 0.2) is 30.3 Å². The number of halogens is 1. The van der Waals surface area contributed by atoms with Gasteiger partial charge in [-0.2, -0.15) is 0 Å². The van der Waals surface area contributed by atoms with Gasteiger partial charge >= 0.3 is 0 Å². The van der Waals surface area contributed by atoms with Crippen LogP contribution in [0.2, 0.25) is 4.34 Å². The lowest BCUT2D eigenvalue weighted by Crippen LogP contribution is -2.52. The minimum absolute atomic E-state index is 0.247. The largest absolute Gasteiger partial charge is 0.337 e. The van der Waals surface area contributed by atoms with Gasteiger partial charge in [0, 0.05) is 24.8 Å².